The molecule has 0 saturated heterocycles. The monoisotopic (exact) mass is 178 g/mol. The number of hydrogen-bond donors (Lipinski definition) is 0. The Kier molecular flexibility index (Phi) is 8.34. The van der Waals surface area contributed by atoms with E-state index < -0.39 is 0 Å². The van der Waals surface area contributed by atoms with Crippen LogP contribution in [0.1, 0.15) is 39.5 Å². The summed E-state index contributed by atoms with van der Waals surface area (Å²) >= 11 is 0. The third-order valence-electron chi connectivity index (χ3n) is 1.92. The summed E-state index contributed by atoms with van der Waals surface area (Å²) in [4.78, 5) is 4.30. The molecular formula is C12H20N+. The molecule has 0 aromatic rings. The van der Waals surface area contributed by atoms with Crippen LogP contribution < -0.4 is 0 Å². The Labute approximate surface area is 82.0 Å². The van der Waals surface area contributed by atoms with Crippen LogP contribution in [0.2, 0.25) is 0 Å². The van der Waals surface area contributed by atoms with Gasteiger partial charge in [0.15, 0.2) is 0 Å². The van der Waals surface area contributed by atoms with Crippen molar-refractivity contribution in [2.45, 2.75) is 45.6 Å². The minimum absolute atomic E-state index is 0.430. The second-order valence-electron chi connectivity index (χ2n) is 3.02. The molecule has 0 aliphatic heterocycles. The summed E-state index contributed by atoms with van der Waals surface area (Å²) in [5.41, 5.74) is 0. The predicted octanol–water partition coefficient (Wildman–Crippen LogP) is 4.03. The van der Waals surface area contributed by atoms with Crippen molar-refractivity contribution in [3.05, 3.63) is 29.7 Å². The molecule has 0 N–H and O–H groups in total. The van der Waals surface area contributed by atoms with Gasteiger partial charge in [0.05, 0.1) is 6.92 Å². The molecular weight excluding hydrogens is 158 g/mol. The van der Waals surface area contributed by atoms with E-state index in [0.29, 0.717) is 6.04 Å². The van der Waals surface area contributed by atoms with E-state index in [0.717, 1.165) is 25.7 Å². The minimum atomic E-state index is 0.430. The SMILES string of the molecule is C=CCCC(CCC=CC)[N+]#CC. The van der Waals surface area contributed by atoms with Gasteiger partial charge in [-0.1, -0.05) is 23.1 Å². The lowest BCUT2D eigenvalue weighted by Gasteiger charge is -1.96. The highest BCUT2D eigenvalue weighted by Gasteiger charge is 2.13. The standard InChI is InChI=1S/C12H20N/c1-4-7-9-11-12(13-6-3)10-8-5-2/h4-5,7,12H,2,8-11H2,1,3H3/q+1. The first-order valence-corrected chi connectivity index (χ1v) is 4.93. The van der Waals surface area contributed by atoms with E-state index in [2.05, 4.69) is 29.6 Å². The summed E-state index contributed by atoms with van der Waals surface area (Å²) in [6.07, 6.45) is 10.6. The van der Waals surface area contributed by atoms with Gasteiger partial charge in [0.1, 0.15) is 0 Å². The van der Waals surface area contributed by atoms with E-state index in [-0.39, 0.29) is 0 Å². The lowest BCUT2D eigenvalue weighted by Crippen LogP contribution is -2.00. The molecule has 0 aliphatic carbocycles. The average Bonchev–Trinajstić information content (AvgIpc) is 2.14. The van der Waals surface area contributed by atoms with E-state index in [1.54, 1.807) is 0 Å². The quantitative estimate of drug-likeness (QED) is 0.541. The fraction of sp³-hybridized carbons (Fsp3) is 0.583. The fourth-order valence-electron chi connectivity index (χ4n) is 1.22. The Morgan fingerprint density at radius 1 is 1.38 bits per heavy atom. The maximum atomic E-state index is 4.30. The Bertz CT molecular complexity index is 205. The predicted molar refractivity (Wildman–Crippen MR) is 60.2 cm³/mol. The van der Waals surface area contributed by atoms with Gasteiger partial charge in [0, 0.05) is 12.8 Å². The maximum Gasteiger partial charge on any atom is 0.273 e. The zero-order valence-corrected chi connectivity index (χ0v) is 8.79. The van der Waals surface area contributed by atoms with Crippen LogP contribution in [0.4, 0.5) is 0 Å². The Morgan fingerprint density at radius 3 is 2.62 bits per heavy atom. The Morgan fingerprint density at radius 2 is 2.08 bits per heavy atom. The molecule has 0 aliphatic rings. The van der Waals surface area contributed by atoms with Crippen LogP contribution >= 0.6 is 0 Å². The normalized spacial score (nSPS) is 12.2. The van der Waals surface area contributed by atoms with Crippen LogP contribution in [0.3, 0.4) is 0 Å². The van der Waals surface area contributed by atoms with E-state index in [9.17, 15) is 0 Å². The topological polar surface area (TPSA) is 4.36 Å². The maximum absolute atomic E-state index is 4.30. The van der Waals surface area contributed by atoms with Gasteiger partial charge in [-0.3, -0.25) is 0 Å². The molecule has 0 aromatic heterocycles. The summed E-state index contributed by atoms with van der Waals surface area (Å²) in [5, 5.41) is 0. The zero-order chi connectivity index (χ0) is 9.94. The molecule has 0 bridgehead atoms. The van der Waals surface area contributed by atoms with Crippen LogP contribution in [0, 0.1) is 6.07 Å². The number of hydrogen-bond acceptors (Lipinski definition) is 0. The third kappa shape index (κ3) is 7.33. The molecule has 72 valence electrons. The molecule has 13 heavy (non-hydrogen) atoms. The summed E-state index contributed by atoms with van der Waals surface area (Å²) in [6.45, 7) is 7.62. The van der Waals surface area contributed by atoms with E-state index in [1.807, 2.05) is 19.9 Å². The molecule has 0 rings (SSSR count). The lowest BCUT2D eigenvalue weighted by atomic mass is 10.1. The van der Waals surface area contributed by atoms with Crippen molar-refractivity contribution in [2.24, 2.45) is 0 Å². The number of nitrogens with zero attached hydrogens (tertiary/aromatic N) is 1. The average molecular weight is 178 g/mol. The van der Waals surface area contributed by atoms with Crippen LogP contribution in [-0.2, 0) is 0 Å². The van der Waals surface area contributed by atoms with Crippen molar-refractivity contribution in [1.82, 2.24) is 0 Å². The third-order valence-corrected chi connectivity index (χ3v) is 1.92. The van der Waals surface area contributed by atoms with Gasteiger partial charge < -0.3 is 0 Å². The highest BCUT2D eigenvalue weighted by atomic mass is 14.7. The molecule has 0 heterocycles. The smallest absolute Gasteiger partial charge is 0.103 e. The second-order valence-corrected chi connectivity index (χ2v) is 3.02. The lowest BCUT2D eigenvalue weighted by molar-refractivity contribution is 0.649. The van der Waals surface area contributed by atoms with Gasteiger partial charge in [-0.25, -0.2) is 0 Å². The van der Waals surface area contributed by atoms with E-state index in [4.69, 9.17) is 0 Å². The van der Waals surface area contributed by atoms with Crippen LogP contribution in [0.5, 0.6) is 0 Å². The Balaban J connectivity index is 3.77. The highest BCUT2D eigenvalue weighted by molar-refractivity contribution is 4.92. The van der Waals surface area contributed by atoms with Crippen molar-refractivity contribution in [1.29, 1.82) is 0 Å². The molecule has 0 radical (unpaired) electrons. The molecule has 0 fully saturated rings. The molecule has 0 spiro atoms. The number of allylic oxidation sites excluding steroid dienone is 3. The molecule has 0 saturated carbocycles. The summed E-state index contributed by atoms with van der Waals surface area (Å²) in [5.74, 6) is 0. The molecule has 1 heteroatoms. The van der Waals surface area contributed by atoms with Crippen molar-refractivity contribution in [2.75, 3.05) is 0 Å². The van der Waals surface area contributed by atoms with Crippen molar-refractivity contribution in [3.63, 3.8) is 0 Å². The first-order chi connectivity index (χ1) is 6.35. The summed E-state index contributed by atoms with van der Waals surface area (Å²) in [6, 6.07) is 3.30. The van der Waals surface area contributed by atoms with Crippen LogP contribution in [0.25, 0.3) is 4.85 Å². The second kappa shape index (κ2) is 9.06. The van der Waals surface area contributed by atoms with Crippen molar-refractivity contribution < 1.29 is 0 Å². The number of rotatable bonds is 6. The molecule has 0 amide bonds. The van der Waals surface area contributed by atoms with Gasteiger partial charge in [-0.15, -0.1) is 6.58 Å². The van der Waals surface area contributed by atoms with Crippen LogP contribution in [0.15, 0.2) is 24.8 Å². The molecule has 0 aromatic carbocycles. The Hall–Kier alpha value is -1.03. The van der Waals surface area contributed by atoms with Gasteiger partial charge in [-0.05, 0) is 19.8 Å². The summed E-state index contributed by atoms with van der Waals surface area (Å²) in [7, 11) is 0. The van der Waals surface area contributed by atoms with Gasteiger partial charge in [-0.2, -0.15) is 0 Å². The van der Waals surface area contributed by atoms with Crippen molar-refractivity contribution >= 4 is 0 Å². The molecule has 1 unspecified atom stereocenters. The van der Waals surface area contributed by atoms with Gasteiger partial charge in [0.2, 0.25) is 0 Å². The van der Waals surface area contributed by atoms with E-state index in [1.165, 1.54) is 0 Å². The van der Waals surface area contributed by atoms with Crippen molar-refractivity contribution in [3.8, 4) is 6.07 Å². The van der Waals surface area contributed by atoms with E-state index >= 15 is 0 Å². The van der Waals surface area contributed by atoms with Crippen LogP contribution in [-0.4, -0.2) is 6.04 Å². The highest BCUT2D eigenvalue weighted by Crippen LogP contribution is 2.10. The summed E-state index contributed by atoms with van der Waals surface area (Å²) < 4.78 is 0. The molecule has 1 nitrogen and oxygen atoms in total. The largest absolute Gasteiger partial charge is 0.273 e. The van der Waals surface area contributed by atoms with Gasteiger partial charge in [0.25, 0.3) is 12.1 Å². The fourth-order valence-corrected chi connectivity index (χ4v) is 1.22. The van der Waals surface area contributed by atoms with Gasteiger partial charge >= 0.3 is 0 Å². The minimum Gasteiger partial charge on any atom is -0.103 e. The first-order valence-electron chi connectivity index (χ1n) is 4.93. The first kappa shape index (κ1) is 12.0. The molecule has 1 atom stereocenters. The zero-order valence-electron chi connectivity index (χ0n) is 8.79.